The molecule has 0 radical (unpaired) electrons. The fourth-order valence-corrected chi connectivity index (χ4v) is 3.45. The fourth-order valence-electron chi connectivity index (χ4n) is 3.45. The summed E-state index contributed by atoms with van der Waals surface area (Å²) in [5, 5.41) is 23.3. The van der Waals surface area contributed by atoms with Crippen LogP contribution in [0.25, 0.3) is 0 Å². The predicted octanol–water partition coefficient (Wildman–Crippen LogP) is 2.18. The van der Waals surface area contributed by atoms with Crippen molar-refractivity contribution >= 4 is 11.6 Å². The van der Waals surface area contributed by atoms with Gasteiger partial charge in [-0.2, -0.15) is 0 Å². The molecule has 0 aliphatic heterocycles. The summed E-state index contributed by atoms with van der Waals surface area (Å²) in [4.78, 5) is 16.1. The molecule has 7 heteroatoms. The van der Waals surface area contributed by atoms with Crippen molar-refractivity contribution in [3.63, 3.8) is 0 Å². The van der Waals surface area contributed by atoms with Crippen molar-refractivity contribution in [3.8, 4) is 0 Å². The third kappa shape index (κ3) is 4.92. The van der Waals surface area contributed by atoms with Crippen LogP contribution >= 0.6 is 0 Å². The number of halogens is 1. The maximum absolute atomic E-state index is 14.3. The third-order valence-corrected chi connectivity index (χ3v) is 5.21. The maximum Gasteiger partial charge on any atom is 0.252 e. The van der Waals surface area contributed by atoms with Crippen molar-refractivity contribution in [1.29, 1.82) is 0 Å². The number of carbonyl (C=O) groups is 1. The van der Waals surface area contributed by atoms with Gasteiger partial charge in [0.15, 0.2) is 0 Å². The van der Waals surface area contributed by atoms with Crippen LogP contribution in [0.2, 0.25) is 0 Å². The van der Waals surface area contributed by atoms with E-state index in [1.54, 1.807) is 19.9 Å². The molecule has 3 atom stereocenters. The Morgan fingerprint density at radius 2 is 2.04 bits per heavy atom. The van der Waals surface area contributed by atoms with Crippen LogP contribution in [0.3, 0.4) is 0 Å². The molecule has 0 aromatic carbocycles. The zero-order valence-electron chi connectivity index (χ0n) is 15.9. The Morgan fingerprint density at radius 1 is 1.38 bits per heavy atom. The van der Waals surface area contributed by atoms with Gasteiger partial charge in [0.25, 0.3) is 5.91 Å². The largest absolute Gasteiger partial charge is 0.390 e. The van der Waals surface area contributed by atoms with Gasteiger partial charge in [0.1, 0.15) is 6.17 Å². The number of anilines is 1. The van der Waals surface area contributed by atoms with Gasteiger partial charge in [-0.15, -0.1) is 0 Å². The Balaban J connectivity index is 2.22. The summed E-state index contributed by atoms with van der Waals surface area (Å²) in [5.41, 5.74) is 4.15. The number of primary amides is 1. The molecule has 0 spiro atoms. The molecule has 5 N–H and O–H groups in total. The number of pyridine rings is 1. The summed E-state index contributed by atoms with van der Waals surface area (Å²) >= 11 is 0. The second-order valence-corrected chi connectivity index (χ2v) is 8.37. The zero-order chi connectivity index (χ0) is 19.7. The number of aromatic nitrogens is 1. The minimum absolute atomic E-state index is 0.0928. The highest BCUT2D eigenvalue weighted by atomic mass is 19.1. The third-order valence-electron chi connectivity index (χ3n) is 5.21. The van der Waals surface area contributed by atoms with E-state index in [0.717, 1.165) is 19.3 Å². The highest BCUT2D eigenvalue weighted by Crippen LogP contribution is 2.36. The Bertz CT molecular complexity index is 652. The first-order chi connectivity index (χ1) is 11.9. The normalized spacial score (nSPS) is 22.3. The number of nitrogens with zero attached hydrogens (tertiary/aromatic N) is 1. The van der Waals surface area contributed by atoms with Gasteiger partial charge in [-0.3, -0.25) is 9.78 Å². The van der Waals surface area contributed by atoms with Gasteiger partial charge in [0.05, 0.1) is 28.1 Å². The lowest BCUT2D eigenvalue weighted by Crippen LogP contribution is -2.35. The molecular weight excluding hydrogens is 337 g/mol. The number of hydrogen-bond donors (Lipinski definition) is 4. The lowest BCUT2D eigenvalue weighted by atomic mass is 9.89. The molecule has 1 saturated carbocycles. The van der Waals surface area contributed by atoms with E-state index < -0.39 is 23.3 Å². The van der Waals surface area contributed by atoms with Crippen molar-refractivity contribution < 1.29 is 19.4 Å². The molecule has 2 rings (SSSR count). The molecule has 1 aromatic rings. The number of rotatable bonds is 7. The van der Waals surface area contributed by atoms with Crippen LogP contribution in [0.15, 0.2) is 12.3 Å². The van der Waals surface area contributed by atoms with Gasteiger partial charge in [0, 0.05) is 18.7 Å². The van der Waals surface area contributed by atoms with E-state index in [4.69, 9.17) is 5.73 Å². The first kappa shape index (κ1) is 20.6. The number of amides is 1. The van der Waals surface area contributed by atoms with E-state index in [1.807, 2.05) is 0 Å². The number of aliphatic hydroxyl groups is 2. The van der Waals surface area contributed by atoms with E-state index in [0.29, 0.717) is 5.69 Å². The van der Waals surface area contributed by atoms with Gasteiger partial charge in [-0.05, 0) is 58.9 Å². The molecule has 0 unspecified atom stereocenters. The average molecular weight is 367 g/mol. The standard InChI is InChI=1S/C19H30FN3O3/c1-18(2,25)11-5-6-12(9-11)23-13-7-8-22-14(16(13)17(21)24)10-15(20)19(3,4)26/h7-8,11-12,15,25-26H,5-6,9-10H2,1-4H3,(H2,21,24)(H,22,23)/t11-,12-,15+/m0/s1. The van der Waals surface area contributed by atoms with Crippen molar-refractivity contribution in [2.75, 3.05) is 5.32 Å². The summed E-state index contributed by atoms with van der Waals surface area (Å²) in [6, 6.07) is 1.74. The molecule has 1 amide bonds. The zero-order valence-corrected chi connectivity index (χ0v) is 15.9. The number of hydrogen-bond acceptors (Lipinski definition) is 5. The van der Waals surface area contributed by atoms with Crippen LogP contribution in [0.1, 0.15) is 63.0 Å². The maximum atomic E-state index is 14.3. The molecule has 0 saturated heterocycles. The second-order valence-electron chi connectivity index (χ2n) is 8.37. The van der Waals surface area contributed by atoms with Crippen LogP contribution in [0.4, 0.5) is 10.1 Å². The Hall–Kier alpha value is -1.73. The van der Waals surface area contributed by atoms with Crippen molar-refractivity contribution in [2.24, 2.45) is 11.7 Å². The Morgan fingerprint density at radius 3 is 2.54 bits per heavy atom. The molecule has 1 fully saturated rings. The van der Waals surface area contributed by atoms with E-state index >= 15 is 0 Å². The number of nitrogens with one attached hydrogen (secondary N) is 1. The monoisotopic (exact) mass is 367 g/mol. The molecule has 26 heavy (non-hydrogen) atoms. The van der Waals surface area contributed by atoms with Crippen LogP contribution in [-0.2, 0) is 6.42 Å². The predicted molar refractivity (Wildman–Crippen MR) is 98.7 cm³/mol. The number of carbonyl (C=O) groups excluding carboxylic acids is 1. The highest BCUT2D eigenvalue weighted by molar-refractivity contribution is 5.99. The summed E-state index contributed by atoms with van der Waals surface area (Å²) in [7, 11) is 0. The van der Waals surface area contributed by atoms with Gasteiger partial charge in [0.2, 0.25) is 0 Å². The minimum atomic E-state index is -1.57. The molecule has 146 valence electrons. The van der Waals surface area contributed by atoms with Crippen LogP contribution in [0, 0.1) is 5.92 Å². The topological polar surface area (TPSA) is 108 Å². The lowest BCUT2D eigenvalue weighted by molar-refractivity contribution is -0.00307. The second kappa shape index (κ2) is 7.48. The first-order valence-electron chi connectivity index (χ1n) is 9.02. The quantitative estimate of drug-likeness (QED) is 0.591. The van der Waals surface area contributed by atoms with Gasteiger partial charge < -0.3 is 21.3 Å². The molecular formula is C19H30FN3O3. The lowest BCUT2D eigenvalue weighted by Gasteiger charge is -2.26. The van der Waals surface area contributed by atoms with Gasteiger partial charge >= 0.3 is 0 Å². The number of alkyl halides is 1. The number of nitrogens with two attached hydrogens (primary N) is 1. The van der Waals surface area contributed by atoms with E-state index in [1.165, 1.54) is 20.0 Å². The summed E-state index contributed by atoms with van der Waals surface area (Å²) < 4.78 is 14.3. The summed E-state index contributed by atoms with van der Waals surface area (Å²) in [6.45, 7) is 6.35. The van der Waals surface area contributed by atoms with Crippen LogP contribution in [0.5, 0.6) is 0 Å². The highest BCUT2D eigenvalue weighted by Gasteiger charge is 2.35. The van der Waals surface area contributed by atoms with E-state index in [-0.39, 0.29) is 29.6 Å². The van der Waals surface area contributed by atoms with E-state index in [9.17, 15) is 19.4 Å². The van der Waals surface area contributed by atoms with Crippen molar-refractivity contribution in [2.45, 2.75) is 76.8 Å². The molecule has 6 nitrogen and oxygen atoms in total. The molecule has 1 aromatic heterocycles. The van der Waals surface area contributed by atoms with Crippen LogP contribution < -0.4 is 11.1 Å². The summed E-state index contributed by atoms with van der Waals surface area (Å²) in [6.07, 6.45) is 2.25. The average Bonchev–Trinajstić information content (AvgIpc) is 2.94. The fraction of sp³-hybridized carbons (Fsp3) is 0.684. The smallest absolute Gasteiger partial charge is 0.252 e. The van der Waals surface area contributed by atoms with Gasteiger partial charge in [-0.1, -0.05) is 0 Å². The molecule has 1 aliphatic rings. The Kier molecular flexibility index (Phi) is 5.92. The minimum Gasteiger partial charge on any atom is -0.390 e. The van der Waals surface area contributed by atoms with Crippen molar-refractivity contribution in [3.05, 3.63) is 23.5 Å². The molecule has 1 aliphatic carbocycles. The van der Waals surface area contributed by atoms with E-state index in [2.05, 4.69) is 10.3 Å². The SMILES string of the molecule is CC(C)(O)[C@H]1CC[C@H](Nc2ccnc(C[C@@H](F)C(C)(C)O)c2C(N)=O)C1. The van der Waals surface area contributed by atoms with Crippen molar-refractivity contribution in [1.82, 2.24) is 4.98 Å². The first-order valence-corrected chi connectivity index (χ1v) is 9.02. The molecule has 1 heterocycles. The van der Waals surface area contributed by atoms with Gasteiger partial charge in [-0.25, -0.2) is 4.39 Å². The Labute approximate surface area is 154 Å². The van der Waals surface area contributed by atoms with Crippen LogP contribution in [-0.4, -0.2) is 44.5 Å². The molecule has 0 bridgehead atoms. The summed E-state index contributed by atoms with van der Waals surface area (Å²) in [5.74, 6) is -0.515.